The molecule has 1 saturated heterocycles. The molecule has 2 aliphatic rings. The van der Waals surface area contributed by atoms with E-state index in [1.165, 1.54) is 5.56 Å². The number of benzene rings is 1. The van der Waals surface area contributed by atoms with Crippen molar-refractivity contribution in [1.29, 1.82) is 0 Å². The summed E-state index contributed by atoms with van der Waals surface area (Å²) in [5.74, 6) is -0.906. The molecule has 2 unspecified atom stereocenters. The topological polar surface area (TPSA) is 78.9 Å². The summed E-state index contributed by atoms with van der Waals surface area (Å²) in [6, 6.07) is 8.59. The quantitative estimate of drug-likeness (QED) is 0.767. The Hall–Kier alpha value is -1.92. The molecule has 1 saturated carbocycles. The van der Waals surface area contributed by atoms with Crippen molar-refractivity contribution in [3.63, 3.8) is 0 Å². The van der Waals surface area contributed by atoms with Gasteiger partial charge in [0, 0.05) is 18.7 Å². The second kappa shape index (κ2) is 8.85. The molecule has 148 valence electrons. The smallest absolute Gasteiger partial charge is 0.317 e. The summed E-state index contributed by atoms with van der Waals surface area (Å²) in [5, 5.41) is 12.2. The summed E-state index contributed by atoms with van der Waals surface area (Å²) in [7, 11) is 0. The van der Waals surface area contributed by atoms with Crippen LogP contribution in [0.3, 0.4) is 0 Å². The lowest BCUT2D eigenvalue weighted by Crippen LogP contribution is -2.56. The number of carboxylic acid groups (broad SMARTS) is 1. The Balaban J connectivity index is 1.55. The molecule has 1 amide bonds. The number of hydrogen-bond donors (Lipinski definition) is 2. The van der Waals surface area contributed by atoms with Crippen LogP contribution in [-0.2, 0) is 14.3 Å². The molecule has 6 nitrogen and oxygen atoms in total. The van der Waals surface area contributed by atoms with Crippen molar-refractivity contribution in [2.24, 2.45) is 5.92 Å². The van der Waals surface area contributed by atoms with Crippen molar-refractivity contribution < 1.29 is 19.4 Å². The van der Waals surface area contributed by atoms with Gasteiger partial charge in [-0.05, 0) is 44.7 Å². The summed E-state index contributed by atoms with van der Waals surface area (Å²) in [4.78, 5) is 25.8. The van der Waals surface area contributed by atoms with Crippen LogP contribution >= 0.6 is 0 Å². The number of aliphatic carboxylic acids is 1. The third kappa shape index (κ3) is 4.87. The Morgan fingerprint density at radius 3 is 2.59 bits per heavy atom. The standard InChI is InChI=1S/C21H30N2O4/c1-3-23(13-19(24)25)17-11-16(12-17)22-21(26)18-5-4-10-27-20(18)15-8-6-14(2)7-9-15/h6-9,16-18,20H,3-5,10-13H2,1-2H3,(H,22,26)(H,24,25). The van der Waals surface area contributed by atoms with Gasteiger partial charge in [0.05, 0.1) is 18.6 Å². The Morgan fingerprint density at radius 1 is 1.26 bits per heavy atom. The molecule has 3 rings (SSSR count). The van der Waals surface area contributed by atoms with Crippen LogP contribution in [0.25, 0.3) is 0 Å². The first-order chi connectivity index (χ1) is 13.0. The van der Waals surface area contributed by atoms with E-state index in [-0.39, 0.29) is 36.6 Å². The highest BCUT2D eigenvalue weighted by atomic mass is 16.5. The van der Waals surface area contributed by atoms with Gasteiger partial charge in [0.25, 0.3) is 0 Å². The lowest BCUT2D eigenvalue weighted by Gasteiger charge is -2.43. The first-order valence-electron chi connectivity index (χ1n) is 9.92. The normalized spacial score (nSPS) is 27.8. The van der Waals surface area contributed by atoms with E-state index in [2.05, 4.69) is 29.6 Å². The van der Waals surface area contributed by atoms with Crippen LogP contribution in [0.5, 0.6) is 0 Å². The number of carbonyl (C=O) groups is 2. The van der Waals surface area contributed by atoms with Crippen LogP contribution < -0.4 is 5.32 Å². The molecule has 1 aliphatic heterocycles. The highest BCUT2D eigenvalue weighted by Crippen LogP contribution is 2.35. The molecule has 1 aliphatic carbocycles. The van der Waals surface area contributed by atoms with Gasteiger partial charge in [0.1, 0.15) is 0 Å². The molecule has 2 fully saturated rings. The fraction of sp³-hybridized carbons (Fsp3) is 0.619. The molecule has 1 aromatic rings. The van der Waals surface area contributed by atoms with Gasteiger partial charge in [-0.2, -0.15) is 0 Å². The molecule has 6 heteroatoms. The van der Waals surface area contributed by atoms with Gasteiger partial charge in [0.2, 0.25) is 5.91 Å². The van der Waals surface area contributed by atoms with E-state index in [9.17, 15) is 9.59 Å². The zero-order valence-corrected chi connectivity index (χ0v) is 16.2. The minimum Gasteiger partial charge on any atom is -0.480 e. The largest absolute Gasteiger partial charge is 0.480 e. The molecule has 0 radical (unpaired) electrons. The van der Waals surface area contributed by atoms with Crippen molar-refractivity contribution in [3.8, 4) is 0 Å². The van der Waals surface area contributed by atoms with E-state index >= 15 is 0 Å². The molecule has 2 atom stereocenters. The lowest BCUT2D eigenvalue weighted by molar-refractivity contribution is -0.141. The number of hydrogen-bond acceptors (Lipinski definition) is 4. The number of nitrogens with zero attached hydrogens (tertiary/aromatic N) is 1. The van der Waals surface area contributed by atoms with E-state index in [1.54, 1.807) is 0 Å². The number of ether oxygens (including phenoxy) is 1. The van der Waals surface area contributed by atoms with Crippen LogP contribution in [0.15, 0.2) is 24.3 Å². The SMILES string of the molecule is CCN(CC(=O)O)C1CC(NC(=O)C2CCCOC2c2ccc(C)cc2)C1. The van der Waals surface area contributed by atoms with E-state index in [0.29, 0.717) is 13.2 Å². The van der Waals surface area contributed by atoms with Crippen molar-refractivity contribution in [2.75, 3.05) is 19.7 Å². The van der Waals surface area contributed by atoms with Crippen LogP contribution in [0.2, 0.25) is 0 Å². The number of aryl methyl sites for hydroxylation is 1. The van der Waals surface area contributed by atoms with Gasteiger partial charge in [0.15, 0.2) is 0 Å². The van der Waals surface area contributed by atoms with Crippen molar-refractivity contribution in [1.82, 2.24) is 10.2 Å². The van der Waals surface area contributed by atoms with Gasteiger partial charge in [-0.1, -0.05) is 36.8 Å². The minimum atomic E-state index is -0.801. The minimum absolute atomic E-state index is 0.0602. The van der Waals surface area contributed by atoms with E-state index in [0.717, 1.165) is 31.2 Å². The first kappa shape index (κ1) is 19.8. The Kier molecular flexibility index (Phi) is 6.50. The van der Waals surface area contributed by atoms with E-state index in [4.69, 9.17) is 9.84 Å². The number of likely N-dealkylation sites (N-methyl/N-ethyl adjacent to an activating group) is 1. The zero-order valence-electron chi connectivity index (χ0n) is 16.2. The maximum atomic E-state index is 12.9. The lowest BCUT2D eigenvalue weighted by atomic mass is 9.83. The van der Waals surface area contributed by atoms with Crippen molar-refractivity contribution in [3.05, 3.63) is 35.4 Å². The first-order valence-corrected chi connectivity index (χ1v) is 9.92. The molecule has 2 N–H and O–H groups in total. The third-order valence-corrected chi connectivity index (χ3v) is 5.79. The van der Waals surface area contributed by atoms with Crippen LogP contribution in [0.1, 0.15) is 49.8 Å². The maximum Gasteiger partial charge on any atom is 0.317 e. The molecular formula is C21H30N2O4. The van der Waals surface area contributed by atoms with Gasteiger partial charge < -0.3 is 15.2 Å². The summed E-state index contributed by atoms with van der Waals surface area (Å²) in [6.45, 7) is 5.49. The van der Waals surface area contributed by atoms with Crippen molar-refractivity contribution in [2.45, 2.75) is 57.7 Å². The second-order valence-electron chi connectivity index (χ2n) is 7.74. The molecule has 0 spiro atoms. The van der Waals surface area contributed by atoms with Gasteiger partial charge in [-0.15, -0.1) is 0 Å². The monoisotopic (exact) mass is 374 g/mol. The summed E-state index contributed by atoms with van der Waals surface area (Å²) < 4.78 is 5.96. The number of rotatable bonds is 7. The summed E-state index contributed by atoms with van der Waals surface area (Å²) in [5.41, 5.74) is 2.25. The number of carboxylic acids is 1. The maximum absolute atomic E-state index is 12.9. The molecule has 27 heavy (non-hydrogen) atoms. The zero-order chi connectivity index (χ0) is 19.4. The predicted octanol–water partition coefficient (Wildman–Crippen LogP) is 2.52. The molecular weight excluding hydrogens is 344 g/mol. The fourth-order valence-corrected chi connectivity index (χ4v) is 4.12. The Bertz CT molecular complexity index is 655. The third-order valence-electron chi connectivity index (χ3n) is 5.79. The van der Waals surface area contributed by atoms with Crippen molar-refractivity contribution >= 4 is 11.9 Å². The molecule has 0 bridgehead atoms. The van der Waals surface area contributed by atoms with Crippen LogP contribution in [0, 0.1) is 12.8 Å². The highest BCUT2D eigenvalue weighted by molar-refractivity contribution is 5.80. The Labute approximate surface area is 160 Å². The van der Waals surface area contributed by atoms with Crippen LogP contribution in [0.4, 0.5) is 0 Å². The number of nitrogens with one attached hydrogen (secondary N) is 1. The van der Waals surface area contributed by atoms with E-state index < -0.39 is 5.97 Å². The highest BCUT2D eigenvalue weighted by Gasteiger charge is 2.38. The fourth-order valence-electron chi connectivity index (χ4n) is 4.12. The second-order valence-corrected chi connectivity index (χ2v) is 7.74. The van der Waals surface area contributed by atoms with Crippen LogP contribution in [-0.4, -0.2) is 53.7 Å². The predicted molar refractivity (Wildman–Crippen MR) is 102 cm³/mol. The van der Waals surface area contributed by atoms with Gasteiger partial charge >= 0.3 is 5.97 Å². The summed E-state index contributed by atoms with van der Waals surface area (Å²) >= 11 is 0. The molecule has 0 aromatic heterocycles. The molecule has 1 heterocycles. The Morgan fingerprint density at radius 2 is 1.96 bits per heavy atom. The van der Waals surface area contributed by atoms with E-state index in [1.807, 2.05) is 18.7 Å². The molecule has 1 aromatic carbocycles. The summed E-state index contributed by atoms with van der Waals surface area (Å²) in [6.07, 6.45) is 3.18. The average Bonchev–Trinajstić information content (AvgIpc) is 2.63. The number of carbonyl (C=O) groups excluding carboxylic acids is 1. The van der Waals surface area contributed by atoms with Gasteiger partial charge in [-0.3, -0.25) is 14.5 Å². The average molecular weight is 374 g/mol. The van der Waals surface area contributed by atoms with Gasteiger partial charge in [-0.25, -0.2) is 0 Å². The number of amides is 1.